The molecule has 1 heterocycles. The van der Waals surface area contributed by atoms with Crippen LogP contribution in [0.25, 0.3) is 0 Å². The van der Waals surface area contributed by atoms with Crippen LogP contribution < -0.4 is 4.74 Å². The molecule has 3 rings (SSSR count). The van der Waals surface area contributed by atoms with Crippen LogP contribution in [0.3, 0.4) is 0 Å². The van der Waals surface area contributed by atoms with Gasteiger partial charge in [-0.15, -0.1) is 0 Å². The van der Waals surface area contributed by atoms with Crippen LogP contribution in [-0.2, 0) is 11.2 Å². The molecule has 0 aromatic heterocycles. The average Bonchev–Trinajstić information content (AvgIpc) is 2.62. The van der Waals surface area contributed by atoms with Gasteiger partial charge in [0.05, 0.1) is 5.92 Å². The molecule has 1 aliphatic carbocycles. The summed E-state index contributed by atoms with van der Waals surface area (Å²) in [6, 6.07) is 3.91. The summed E-state index contributed by atoms with van der Waals surface area (Å²) >= 11 is 0. The van der Waals surface area contributed by atoms with Gasteiger partial charge in [0.15, 0.2) is 11.6 Å². The fourth-order valence-electron chi connectivity index (χ4n) is 4.72. The van der Waals surface area contributed by atoms with Crippen molar-refractivity contribution >= 4 is 5.97 Å². The standard InChI is InChI=1S/C22H31FO2/c1-4-6-15-7-9-17(10-8-15)14(3)19-12-11-18-13-16(5-2)22(24)25-21(18)20(19)23/h11-12,14-17H,4-10,13H2,1-3H3. The van der Waals surface area contributed by atoms with Gasteiger partial charge in [-0.05, 0) is 54.6 Å². The maximum absolute atomic E-state index is 15.1. The molecule has 25 heavy (non-hydrogen) atoms. The van der Waals surface area contributed by atoms with E-state index >= 15 is 4.39 Å². The molecule has 1 saturated carbocycles. The number of carbonyl (C=O) groups excluding carboxylic acids is 1. The average molecular weight is 346 g/mol. The highest BCUT2D eigenvalue weighted by molar-refractivity contribution is 5.78. The van der Waals surface area contributed by atoms with Gasteiger partial charge in [0.25, 0.3) is 0 Å². The Balaban J connectivity index is 1.75. The number of carbonyl (C=O) groups is 1. The Bertz CT molecular complexity index is 617. The predicted molar refractivity (Wildman–Crippen MR) is 98.3 cm³/mol. The molecule has 1 aliphatic heterocycles. The van der Waals surface area contributed by atoms with Gasteiger partial charge in [-0.3, -0.25) is 4.79 Å². The largest absolute Gasteiger partial charge is 0.423 e. The van der Waals surface area contributed by atoms with Crippen LogP contribution in [-0.4, -0.2) is 5.97 Å². The van der Waals surface area contributed by atoms with Crippen molar-refractivity contribution in [2.24, 2.45) is 17.8 Å². The third-order valence-corrected chi connectivity index (χ3v) is 6.49. The lowest BCUT2D eigenvalue weighted by molar-refractivity contribution is -0.140. The quantitative estimate of drug-likeness (QED) is 0.481. The second kappa shape index (κ2) is 7.88. The summed E-state index contributed by atoms with van der Waals surface area (Å²) in [5, 5.41) is 0. The number of halogens is 1. The lowest BCUT2D eigenvalue weighted by atomic mass is 9.73. The van der Waals surface area contributed by atoms with Crippen LogP contribution in [0.2, 0.25) is 0 Å². The molecule has 2 unspecified atom stereocenters. The zero-order chi connectivity index (χ0) is 18.0. The predicted octanol–water partition coefficient (Wildman–Crippen LogP) is 6.02. The van der Waals surface area contributed by atoms with E-state index in [-0.39, 0.29) is 29.4 Å². The molecule has 1 fully saturated rings. The maximum atomic E-state index is 15.1. The van der Waals surface area contributed by atoms with Gasteiger partial charge >= 0.3 is 5.97 Å². The minimum absolute atomic E-state index is 0.135. The Morgan fingerprint density at radius 3 is 2.56 bits per heavy atom. The highest BCUT2D eigenvalue weighted by Crippen LogP contribution is 2.42. The molecule has 2 aliphatic rings. The van der Waals surface area contributed by atoms with Gasteiger partial charge in [0, 0.05) is 0 Å². The Morgan fingerprint density at radius 1 is 1.20 bits per heavy atom. The Kier molecular flexibility index (Phi) is 5.81. The molecule has 2 nitrogen and oxygen atoms in total. The van der Waals surface area contributed by atoms with Crippen molar-refractivity contribution in [1.82, 2.24) is 0 Å². The number of hydrogen-bond donors (Lipinski definition) is 0. The van der Waals surface area contributed by atoms with E-state index < -0.39 is 0 Å². The van der Waals surface area contributed by atoms with E-state index in [1.165, 1.54) is 38.5 Å². The molecule has 0 saturated heterocycles. The third-order valence-electron chi connectivity index (χ3n) is 6.49. The van der Waals surface area contributed by atoms with Crippen LogP contribution in [0.5, 0.6) is 5.75 Å². The number of fused-ring (bicyclic) bond motifs is 1. The Morgan fingerprint density at radius 2 is 1.92 bits per heavy atom. The van der Waals surface area contributed by atoms with Crippen molar-refractivity contribution in [3.63, 3.8) is 0 Å². The van der Waals surface area contributed by atoms with Crippen LogP contribution in [0.15, 0.2) is 12.1 Å². The highest BCUT2D eigenvalue weighted by Gasteiger charge is 2.33. The molecule has 138 valence electrons. The third kappa shape index (κ3) is 3.75. The first-order valence-electron chi connectivity index (χ1n) is 10.1. The second-order valence-corrected chi connectivity index (χ2v) is 8.05. The van der Waals surface area contributed by atoms with Gasteiger partial charge in [0.1, 0.15) is 0 Å². The SMILES string of the molecule is CCCC1CCC(C(C)c2ccc3c(c2F)OC(=O)C(CC)C3)CC1. The van der Waals surface area contributed by atoms with E-state index in [2.05, 4.69) is 13.8 Å². The molecule has 3 heteroatoms. The molecule has 1 aromatic carbocycles. The van der Waals surface area contributed by atoms with Crippen LogP contribution in [0, 0.1) is 23.6 Å². The molecule has 0 amide bonds. The molecule has 0 bridgehead atoms. The number of ether oxygens (including phenoxy) is 1. The summed E-state index contributed by atoms with van der Waals surface area (Å²) in [5.74, 6) is 1.04. The van der Waals surface area contributed by atoms with Gasteiger partial charge in [0.2, 0.25) is 0 Å². The summed E-state index contributed by atoms with van der Waals surface area (Å²) in [6.07, 6.45) is 8.81. The van der Waals surface area contributed by atoms with Crippen molar-refractivity contribution < 1.29 is 13.9 Å². The number of rotatable bonds is 5. The van der Waals surface area contributed by atoms with Crippen LogP contribution >= 0.6 is 0 Å². The second-order valence-electron chi connectivity index (χ2n) is 8.05. The van der Waals surface area contributed by atoms with Gasteiger partial charge in [-0.25, -0.2) is 4.39 Å². The van der Waals surface area contributed by atoms with Crippen molar-refractivity contribution in [2.45, 2.75) is 78.1 Å². The van der Waals surface area contributed by atoms with E-state index in [0.29, 0.717) is 12.3 Å². The van der Waals surface area contributed by atoms with Gasteiger partial charge in [-0.2, -0.15) is 0 Å². The van der Waals surface area contributed by atoms with Crippen molar-refractivity contribution in [3.8, 4) is 5.75 Å². The lowest BCUT2D eigenvalue weighted by Crippen LogP contribution is -2.28. The molecule has 0 spiro atoms. The fraction of sp³-hybridized carbons (Fsp3) is 0.682. The monoisotopic (exact) mass is 346 g/mol. The summed E-state index contributed by atoms with van der Waals surface area (Å²) < 4.78 is 20.5. The lowest BCUT2D eigenvalue weighted by Gasteiger charge is -2.33. The molecular formula is C22H31FO2. The summed E-state index contributed by atoms with van der Waals surface area (Å²) in [6.45, 7) is 6.36. The van der Waals surface area contributed by atoms with Gasteiger partial charge in [-0.1, -0.05) is 58.6 Å². The zero-order valence-electron chi connectivity index (χ0n) is 15.8. The van der Waals surface area contributed by atoms with Crippen LogP contribution in [0.1, 0.15) is 82.8 Å². The van der Waals surface area contributed by atoms with Gasteiger partial charge < -0.3 is 4.74 Å². The summed E-state index contributed by atoms with van der Waals surface area (Å²) in [5.41, 5.74) is 1.56. The first kappa shape index (κ1) is 18.4. The Hall–Kier alpha value is -1.38. The zero-order valence-corrected chi connectivity index (χ0v) is 15.8. The minimum atomic E-state index is -0.302. The topological polar surface area (TPSA) is 26.3 Å². The molecule has 0 N–H and O–H groups in total. The molecule has 2 atom stereocenters. The van der Waals surface area contributed by atoms with E-state index in [1.54, 1.807) is 0 Å². The number of hydrogen-bond acceptors (Lipinski definition) is 2. The number of benzene rings is 1. The van der Waals surface area contributed by atoms with Crippen LogP contribution in [0.4, 0.5) is 4.39 Å². The fourth-order valence-corrected chi connectivity index (χ4v) is 4.72. The molecular weight excluding hydrogens is 315 g/mol. The normalized spacial score (nSPS) is 27.5. The van der Waals surface area contributed by atoms with E-state index in [1.807, 2.05) is 19.1 Å². The van der Waals surface area contributed by atoms with Crippen molar-refractivity contribution in [2.75, 3.05) is 0 Å². The smallest absolute Gasteiger partial charge is 0.314 e. The van der Waals surface area contributed by atoms with Crippen molar-refractivity contribution in [1.29, 1.82) is 0 Å². The molecule has 0 radical (unpaired) electrons. The summed E-state index contributed by atoms with van der Waals surface area (Å²) in [7, 11) is 0. The van der Waals surface area contributed by atoms with Crippen molar-refractivity contribution in [3.05, 3.63) is 29.1 Å². The Labute approximate surface area is 151 Å². The van der Waals surface area contributed by atoms with E-state index in [4.69, 9.17) is 4.74 Å². The maximum Gasteiger partial charge on any atom is 0.314 e. The van der Waals surface area contributed by atoms with E-state index in [0.717, 1.165) is 23.5 Å². The highest BCUT2D eigenvalue weighted by atomic mass is 19.1. The summed E-state index contributed by atoms with van der Waals surface area (Å²) in [4.78, 5) is 12.0. The molecule has 1 aromatic rings. The number of esters is 1. The first-order valence-corrected chi connectivity index (χ1v) is 10.1. The minimum Gasteiger partial charge on any atom is -0.423 e. The first-order chi connectivity index (χ1) is 12.0. The van der Waals surface area contributed by atoms with E-state index in [9.17, 15) is 4.79 Å².